The molecule has 0 atom stereocenters. The van der Waals surface area contributed by atoms with Gasteiger partial charge in [-0.3, -0.25) is 9.59 Å². The lowest BCUT2D eigenvalue weighted by Crippen LogP contribution is -2.32. The van der Waals surface area contributed by atoms with Gasteiger partial charge in [0.05, 0.1) is 19.9 Å². The van der Waals surface area contributed by atoms with Crippen LogP contribution in [-0.4, -0.2) is 31.7 Å². The Labute approximate surface area is 155 Å². The van der Waals surface area contributed by atoms with Gasteiger partial charge in [-0.25, -0.2) is 5.43 Å². The molecule has 0 fully saturated rings. The Morgan fingerprint density at radius 1 is 1.00 bits per heavy atom. The first kappa shape index (κ1) is 19.3. The number of nitrogens with one attached hydrogen (secondary N) is 2. The van der Waals surface area contributed by atoms with Gasteiger partial charge in [-0.15, -0.1) is 0 Å². The maximum atomic E-state index is 11.9. The summed E-state index contributed by atoms with van der Waals surface area (Å²) < 4.78 is 10.4. The third-order valence-corrected chi connectivity index (χ3v) is 3.65. The monoisotopic (exact) mass is 375 g/mol. The number of amides is 2. The van der Waals surface area contributed by atoms with Crippen molar-refractivity contribution in [2.45, 2.75) is 6.92 Å². The minimum Gasteiger partial charge on any atom is -0.493 e. The van der Waals surface area contributed by atoms with Crippen molar-refractivity contribution < 1.29 is 19.1 Å². The molecule has 2 amide bonds. The molecule has 2 rings (SSSR count). The predicted molar refractivity (Wildman–Crippen MR) is 100.0 cm³/mol. The maximum Gasteiger partial charge on any atom is 0.329 e. The number of anilines is 1. The van der Waals surface area contributed by atoms with Gasteiger partial charge >= 0.3 is 11.8 Å². The maximum absolute atomic E-state index is 11.9. The molecular weight excluding hydrogens is 358 g/mol. The molecule has 0 saturated carbocycles. The van der Waals surface area contributed by atoms with E-state index in [9.17, 15) is 9.59 Å². The molecule has 0 aliphatic carbocycles. The number of benzene rings is 2. The van der Waals surface area contributed by atoms with Gasteiger partial charge in [0.25, 0.3) is 0 Å². The van der Waals surface area contributed by atoms with E-state index in [4.69, 9.17) is 21.1 Å². The highest BCUT2D eigenvalue weighted by Crippen LogP contribution is 2.27. The average molecular weight is 376 g/mol. The Balaban J connectivity index is 2.03. The van der Waals surface area contributed by atoms with Crippen LogP contribution in [-0.2, 0) is 9.59 Å². The molecule has 0 aliphatic heterocycles. The summed E-state index contributed by atoms with van der Waals surface area (Å²) in [5.74, 6) is -0.639. The number of methoxy groups -OCH3 is 2. The molecule has 2 N–H and O–H groups in total. The molecule has 7 nitrogen and oxygen atoms in total. The van der Waals surface area contributed by atoms with Crippen LogP contribution in [0.5, 0.6) is 11.5 Å². The van der Waals surface area contributed by atoms with Crippen LogP contribution in [0.4, 0.5) is 5.69 Å². The molecule has 2 aromatic rings. The second-order valence-corrected chi connectivity index (χ2v) is 5.61. The molecule has 2 aromatic carbocycles. The van der Waals surface area contributed by atoms with E-state index < -0.39 is 11.8 Å². The Bertz CT molecular complexity index is 852. The smallest absolute Gasteiger partial charge is 0.329 e. The van der Waals surface area contributed by atoms with Gasteiger partial charge in [0, 0.05) is 16.3 Å². The van der Waals surface area contributed by atoms with E-state index in [0.29, 0.717) is 33.5 Å². The number of halogens is 1. The SMILES string of the molecule is COc1ccc(C(C)=NNC(=O)C(=O)Nc2cccc(Cl)c2)cc1OC. The van der Waals surface area contributed by atoms with Crippen LogP contribution in [0, 0.1) is 0 Å². The van der Waals surface area contributed by atoms with Gasteiger partial charge in [0.2, 0.25) is 0 Å². The zero-order valence-electron chi connectivity index (χ0n) is 14.5. The highest BCUT2D eigenvalue weighted by Gasteiger charge is 2.14. The fraction of sp³-hybridized carbons (Fsp3) is 0.167. The summed E-state index contributed by atoms with van der Waals surface area (Å²) in [5, 5.41) is 6.83. The van der Waals surface area contributed by atoms with Crippen LogP contribution in [0.15, 0.2) is 47.6 Å². The topological polar surface area (TPSA) is 89.0 Å². The van der Waals surface area contributed by atoms with E-state index in [2.05, 4.69) is 15.8 Å². The molecule has 26 heavy (non-hydrogen) atoms. The van der Waals surface area contributed by atoms with Gasteiger partial charge in [-0.2, -0.15) is 5.10 Å². The van der Waals surface area contributed by atoms with Gasteiger partial charge in [0.1, 0.15) is 0 Å². The lowest BCUT2D eigenvalue weighted by molar-refractivity contribution is -0.136. The van der Waals surface area contributed by atoms with Crippen molar-refractivity contribution in [2.75, 3.05) is 19.5 Å². The lowest BCUT2D eigenvalue weighted by atomic mass is 10.1. The van der Waals surface area contributed by atoms with Crippen molar-refractivity contribution >= 4 is 34.8 Å². The minimum absolute atomic E-state index is 0.415. The number of carbonyl (C=O) groups excluding carboxylic acids is 2. The quantitative estimate of drug-likeness (QED) is 0.477. The van der Waals surface area contributed by atoms with E-state index in [1.165, 1.54) is 20.3 Å². The normalized spacial score (nSPS) is 10.8. The molecule has 0 radical (unpaired) electrons. The van der Waals surface area contributed by atoms with Crippen LogP contribution in [0.1, 0.15) is 12.5 Å². The fourth-order valence-electron chi connectivity index (χ4n) is 2.07. The van der Waals surface area contributed by atoms with Crippen molar-refractivity contribution in [3.05, 3.63) is 53.1 Å². The first-order valence-electron chi connectivity index (χ1n) is 7.58. The Morgan fingerprint density at radius 3 is 2.38 bits per heavy atom. The molecular formula is C18H18ClN3O4. The Morgan fingerprint density at radius 2 is 1.73 bits per heavy atom. The van der Waals surface area contributed by atoms with Gasteiger partial charge < -0.3 is 14.8 Å². The van der Waals surface area contributed by atoms with Crippen LogP contribution in [0.2, 0.25) is 5.02 Å². The summed E-state index contributed by atoms with van der Waals surface area (Å²) >= 11 is 5.83. The van der Waals surface area contributed by atoms with Crippen LogP contribution in [0.3, 0.4) is 0 Å². The average Bonchev–Trinajstić information content (AvgIpc) is 2.65. The lowest BCUT2D eigenvalue weighted by Gasteiger charge is -2.09. The van der Waals surface area contributed by atoms with Crippen molar-refractivity contribution in [1.29, 1.82) is 0 Å². The number of ether oxygens (including phenoxy) is 2. The highest BCUT2D eigenvalue weighted by molar-refractivity contribution is 6.39. The third kappa shape index (κ3) is 4.97. The van der Waals surface area contributed by atoms with E-state index in [1.54, 1.807) is 43.3 Å². The zero-order valence-corrected chi connectivity index (χ0v) is 15.3. The van der Waals surface area contributed by atoms with Crippen molar-refractivity contribution in [1.82, 2.24) is 5.43 Å². The number of rotatable bonds is 5. The van der Waals surface area contributed by atoms with Crippen LogP contribution >= 0.6 is 11.6 Å². The zero-order chi connectivity index (χ0) is 19.1. The fourth-order valence-corrected chi connectivity index (χ4v) is 2.26. The second kappa shape index (κ2) is 8.87. The standard InChI is InChI=1S/C18H18ClN3O4/c1-11(12-7-8-15(25-2)16(9-12)26-3)21-22-18(24)17(23)20-14-6-4-5-13(19)10-14/h4-10H,1-3H3,(H,20,23)(H,22,24). The summed E-state index contributed by atoms with van der Waals surface area (Å²) in [5.41, 5.74) is 3.83. The van der Waals surface area contributed by atoms with Crippen molar-refractivity contribution in [3.63, 3.8) is 0 Å². The van der Waals surface area contributed by atoms with Crippen molar-refractivity contribution in [3.8, 4) is 11.5 Å². The predicted octanol–water partition coefficient (Wildman–Crippen LogP) is 2.84. The summed E-state index contributed by atoms with van der Waals surface area (Å²) in [6.07, 6.45) is 0. The summed E-state index contributed by atoms with van der Waals surface area (Å²) in [4.78, 5) is 23.8. The highest BCUT2D eigenvalue weighted by atomic mass is 35.5. The number of carbonyl (C=O) groups is 2. The minimum atomic E-state index is -0.898. The summed E-state index contributed by atoms with van der Waals surface area (Å²) in [6, 6.07) is 11.7. The Hall–Kier alpha value is -3.06. The van der Waals surface area contributed by atoms with E-state index in [1.807, 2.05) is 0 Å². The van der Waals surface area contributed by atoms with Crippen LogP contribution in [0.25, 0.3) is 0 Å². The molecule has 136 valence electrons. The summed E-state index contributed by atoms with van der Waals surface area (Å²) in [7, 11) is 3.06. The van der Waals surface area contributed by atoms with Gasteiger partial charge in [-0.05, 0) is 43.3 Å². The first-order valence-corrected chi connectivity index (χ1v) is 7.96. The molecule has 0 aromatic heterocycles. The molecule has 0 unspecified atom stereocenters. The van der Waals surface area contributed by atoms with Gasteiger partial charge in [-0.1, -0.05) is 17.7 Å². The van der Waals surface area contributed by atoms with E-state index >= 15 is 0 Å². The molecule has 8 heteroatoms. The molecule has 0 spiro atoms. The molecule has 0 bridgehead atoms. The molecule has 0 aliphatic rings. The number of hydrogen-bond donors (Lipinski definition) is 2. The number of hydrazone groups is 1. The van der Waals surface area contributed by atoms with E-state index in [-0.39, 0.29) is 0 Å². The summed E-state index contributed by atoms with van der Waals surface area (Å²) in [6.45, 7) is 1.69. The van der Waals surface area contributed by atoms with Crippen LogP contribution < -0.4 is 20.2 Å². The first-order chi connectivity index (χ1) is 12.4. The Kier molecular flexibility index (Phi) is 6.57. The van der Waals surface area contributed by atoms with Gasteiger partial charge in [0.15, 0.2) is 11.5 Å². The molecule has 0 heterocycles. The number of hydrogen-bond acceptors (Lipinski definition) is 5. The number of nitrogens with zero attached hydrogens (tertiary/aromatic N) is 1. The van der Waals surface area contributed by atoms with Crippen molar-refractivity contribution in [2.24, 2.45) is 5.10 Å². The largest absolute Gasteiger partial charge is 0.493 e. The third-order valence-electron chi connectivity index (χ3n) is 3.42. The molecule has 0 saturated heterocycles. The second-order valence-electron chi connectivity index (χ2n) is 5.17. The van der Waals surface area contributed by atoms with E-state index in [0.717, 1.165) is 0 Å².